The van der Waals surface area contributed by atoms with Crippen LogP contribution in [0.5, 0.6) is 0 Å². The predicted molar refractivity (Wildman–Crippen MR) is 43.7 cm³/mol. The molecule has 0 unspecified atom stereocenters. The molecule has 0 aliphatic heterocycles. The van der Waals surface area contributed by atoms with Gasteiger partial charge in [0.2, 0.25) is 0 Å². The van der Waals surface area contributed by atoms with E-state index in [4.69, 9.17) is 0 Å². The van der Waals surface area contributed by atoms with Gasteiger partial charge in [-0.05, 0) is 6.92 Å². The van der Waals surface area contributed by atoms with E-state index in [0.717, 1.165) is 10.8 Å². The summed E-state index contributed by atoms with van der Waals surface area (Å²) in [6.07, 6.45) is 0.802. The zero-order chi connectivity index (χ0) is 10.0. The third kappa shape index (κ3) is 1.48. The third-order valence-electron chi connectivity index (χ3n) is 1.55. The Kier molecular flexibility index (Phi) is 2.27. The van der Waals surface area contributed by atoms with E-state index in [9.17, 15) is 19.7 Å². The highest BCUT2D eigenvalue weighted by Gasteiger charge is 2.14. The first-order valence-electron chi connectivity index (χ1n) is 3.54. The predicted octanol–water partition coefficient (Wildman–Crippen LogP) is -0.535. The van der Waals surface area contributed by atoms with Crippen molar-refractivity contribution in [2.45, 2.75) is 13.5 Å². The van der Waals surface area contributed by atoms with Crippen molar-refractivity contribution in [1.29, 1.82) is 0 Å². The fourth-order valence-corrected chi connectivity index (χ4v) is 0.918. The largest absolute Gasteiger partial charge is 0.350 e. The molecule has 1 heterocycles. The number of H-pyrrole nitrogens is 1. The van der Waals surface area contributed by atoms with Gasteiger partial charge in [-0.3, -0.25) is 19.5 Å². The second-order valence-electron chi connectivity index (χ2n) is 2.29. The fraction of sp³-hybridized carbons (Fsp3) is 0.333. The Hall–Kier alpha value is -1.92. The van der Waals surface area contributed by atoms with Crippen LogP contribution in [0.25, 0.3) is 0 Å². The van der Waals surface area contributed by atoms with Crippen LogP contribution < -0.4 is 11.2 Å². The van der Waals surface area contributed by atoms with Gasteiger partial charge >= 0.3 is 16.9 Å². The summed E-state index contributed by atoms with van der Waals surface area (Å²) in [6, 6.07) is 0. The highest BCUT2D eigenvalue weighted by molar-refractivity contribution is 5.20. The molecule has 0 radical (unpaired) electrons. The molecule has 0 aliphatic carbocycles. The van der Waals surface area contributed by atoms with E-state index in [1.807, 2.05) is 0 Å². The Bertz CT molecular complexity index is 444. The molecule has 0 saturated carbocycles. The first kappa shape index (κ1) is 9.17. The van der Waals surface area contributed by atoms with Gasteiger partial charge in [0.25, 0.3) is 0 Å². The molecule has 70 valence electrons. The molecule has 0 atom stereocenters. The zero-order valence-corrected chi connectivity index (χ0v) is 6.81. The van der Waals surface area contributed by atoms with Crippen molar-refractivity contribution >= 4 is 5.69 Å². The van der Waals surface area contributed by atoms with Crippen LogP contribution in [0.4, 0.5) is 5.69 Å². The van der Waals surface area contributed by atoms with E-state index in [1.54, 1.807) is 6.92 Å². The molecule has 0 fully saturated rings. The van der Waals surface area contributed by atoms with E-state index in [0.29, 0.717) is 0 Å². The van der Waals surface area contributed by atoms with Gasteiger partial charge in [-0.15, -0.1) is 0 Å². The Morgan fingerprint density at radius 2 is 2.23 bits per heavy atom. The smallest absolute Gasteiger partial charge is 0.307 e. The molecule has 0 saturated heterocycles. The lowest BCUT2D eigenvalue weighted by Gasteiger charge is -1.97. The number of hydrogen-bond donors (Lipinski definition) is 1. The first-order chi connectivity index (χ1) is 6.07. The molecule has 0 aromatic carbocycles. The summed E-state index contributed by atoms with van der Waals surface area (Å²) in [5, 5.41) is 10.3. The van der Waals surface area contributed by atoms with Crippen LogP contribution in [0.15, 0.2) is 15.8 Å². The molecule has 7 heteroatoms. The number of aromatic nitrogens is 2. The maximum absolute atomic E-state index is 11.2. The van der Waals surface area contributed by atoms with Crippen LogP contribution in [-0.4, -0.2) is 14.5 Å². The molecule has 13 heavy (non-hydrogen) atoms. The molecule has 1 N–H and O–H groups in total. The normalized spacial score (nSPS) is 9.92. The van der Waals surface area contributed by atoms with Gasteiger partial charge in [0.05, 0.1) is 11.1 Å². The standard InChI is InChI=1S/C6H7N3O4/c1-2-8-5(10)4(9(12)13)3-7-6(8)11/h3H,2H2,1H3,(H,7,11). The molecule has 0 amide bonds. The Balaban J connectivity index is 3.55. The molecule has 0 bridgehead atoms. The Morgan fingerprint density at radius 1 is 1.62 bits per heavy atom. The second kappa shape index (κ2) is 3.21. The van der Waals surface area contributed by atoms with E-state index < -0.39 is 21.9 Å². The van der Waals surface area contributed by atoms with Crippen molar-refractivity contribution in [3.05, 3.63) is 37.1 Å². The van der Waals surface area contributed by atoms with E-state index in [-0.39, 0.29) is 6.54 Å². The number of nitro groups is 1. The maximum atomic E-state index is 11.2. The minimum atomic E-state index is -0.878. The molecule has 7 nitrogen and oxygen atoms in total. The van der Waals surface area contributed by atoms with Gasteiger partial charge in [-0.25, -0.2) is 4.79 Å². The summed E-state index contributed by atoms with van der Waals surface area (Å²) in [5.41, 5.74) is -2.14. The zero-order valence-electron chi connectivity index (χ0n) is 6.81. The van der Waals surface area contributed by atoms with Crippen molar-refractivity contribution in [3.63, 3.8) is 0 Å². The quantitative estimate of drug-likeness (QED) is 0.494. The van der Waals surface area contributed by atoms with Gasteiger partial charge in [0.15, 0.2) is 0 Å². The summed E-state index contributed by atoms with van der Waals surface area (Å²) >= 11 is 0. The monoisotopic (exact) mass is 185 g/mol. The molecule has 0 spiro atoms. The van der Waals surface area contributed by atoms with Gasteiger partial charge in [-0.2, -0.15) is 0 Å². The lowest BCUT2D eigenvalue weighted by molar-refractivity contribution is -0.386. The van der Waals surface area contributed by atoms with Crippen LogP contribution in [0.3, 0.4) is 0 Å². The number of hydrogen-bond acceptors (Lipinski definition) is 4. The Morgan fingerprint density at radius 3 is 2.69 bits per heavy atom. The molecule has 1 aromatic rings. The van der Waals surface area contributed by atoms with Gasteiger partial charge < -0.3 is 4.98 Å². The highest BCUT2D eigenvalue weighted by atomic mass is 16.6. The summed E-state index contributed by atoms with van der Waals surface area (Å²) in [6.45, 7) is 1.66. The highest BCUT2D eigenvalue weighted by Crippen LogP contribution is 1.96. The van der Waals surface area contributed by atoms with Gasteiger partial charge in [-0.1, -0.05) is 0 Å². The van der Waals surface area contributed by atoms with Crippen molar-refractivity contribution in [1.82, 2.24) is 9.55 Å². The number of rotatable bonds is 2. The topological polar surface area (TPSA) is 98.0 Å². The van der Waals surface area contributed by atoms with E-state index >= 15 is 0 Å². The van der Waals surface area contributed by atoms with Crippen molar-refractivity contribution in [2.75, 3.05) is 0 Å². The average molecular weight is 185 g/mol. The molecular formula is C6H7N3O4. The van der Waals surface area contributed by atoms with Crippen LogP contribution >= 0.6 is 0 Å². The second-order valence-corrected chi connectivity index (χ2v) is 2.29. The van der Waals surface area contributed by atoms with Crippen LogP contribution in [0, 0.1) is 10.1 Å². The summed E-state index contributed by atoms with van der Waals surface area (Å²) < 4.78 is 0.762. The fourth-order valence-electron chi connectivity index (χ4n) is 0.918. The van der Waals surface area contributed by atoms with E-state index in [1.165, 1.54) is 0 Å². The third-order valence-corrected chi connectivity index (χ3v) is 1.55. The lowest BCUT2D eigenvalue weighted by atomic mass is 10.5. The number of nitrogens with one attached hydrogen (secondary N) is 1. The number of aromatic amines is 1. The van der Waals surface area contributed by atoms with Crippen molar-refractivity contribution < 1.29 is 4.92 Å². The summed E-state index contributed by atoms with van der Waals surface area (Å²) in [4.78, 5) is 33.6. The Labute approximate surface area is 71.8 Å². The van der Waals surface area contributed by atoms with Gasteiger partial charge in [0, 0.05) is 6.54 Å². The molecule has 1 rings (SSSR count). The van der Waals surface area contributed by atoms with Crippen molar-refractivity contribution in [2.24, 2.45) is 0 Å². The summed E-state index contributed by atoms with van der Waals surface area (Å²) in [7, 11) is 0. The average Bonchev–Trinajstić information content (AvgIpc) is 2.04. The van der Waals surface area contributed by atoms with Crippen LogP contribution in [0.1, 0.15) is 6.92 Å². The molecular weight excluding hydrogens is 178 g/mol. The molecule has 1 aromatic heterocycles. The maximum Gasteiger partial charge on any atom is 0.350 e. The van der Waals surface area contributed by atoms with Crippen molar-refractivity contribution in [3.8, 4) is 0 Å². The SMILES string of the molecule is CCn1c(=O)[nH]cc([N+](=O)[O-])c1=O. The van der Waals surface area contributed by atoms with E-state index in [2.05, 4.69) is 4.98 Å². The minimum absolute atomic E-state index is 0.107. The number of nitrogens with zero attached hydrogens (tertiary/aromatic N) is 2. The summed E-state index contributed by atoms with van der Waals surface area (Å²) in [5.74, 6) is 0. The molecule has 0 aliphatic rings. The first-order valence-corrected chi connectivity index (χ1v) is 3.54. The van der Waals surface area contributed by atoms with Crippen LogP contribution in [-0.2, 0) is 6.54 Å². The lowest BCUT2D eigenvalue weighted by Crippen LogP contribution is -2.35. The van der Waals surface area contributed by atoms with Crippen LogP contribution in [0.2, 0.25) is 0 Å². The minimum Gasteiger partial charge on any atom is -0.307 e. The van der Waals surface area contributed by atoms with Gasteiger partial charge in [0.1, 0.15) is 0 Å².